The summed E-state index contributed by atoms with van der Waals surface area (Å²) < 4.78 is 38.6. The first kappa shape index (κ1) is 13.0. The van der Waals surface area contributed by atoms with Crippen LogP contribution in [0.5, 0.6) is 0 Å². The van der Waals surface area contributed by atoms with Crippen LogP contribution in [0.1, 0.15) is 27.4 Å². The van der Waals surface area contributed by atoms with Crippen LogP contribution in [0.15, 0.2) is 12.3 Å². The number of hydrogen-bond donors (Lipinski definition) is 1. The van der Waals surface area contributed by atoms with E-state index in [-0.39, 0.29) is 4.88 Å². The van der Waals surface area contributed by atoms with Gasteiger partial charge in [0.05, 0.1) is 16.3 Å². The Bertz CT molecular complexity index is 561. The number of nitrogens with zero attached hydrogens (tertiary/aromatic N) is 3. The zero-order chi connectivity index (χ0) is 13.5. The SMILES string of the molecule is Cc1cc(C(O)c2cnc(C(F)(F)F)s2)n(C)n1. The number of halogens is 3. The van der Waals surface area contributed by atoms with Gasteiger partial charge in [-0.05, 0) is 13.0 Å². The van der Waals surface area contributed by atoms with Crippen molar-refractivity contribution in [3.63, 3.8) is 0 Å². The molecule has 0 aliphatic rings. The Hall–Kier alpha value is -1.41. The number of hydrogen-bond acceptors (Lipinski definition) is 4. The lowest BCUT2D eigenvalue weighted by atomic mass is 10.2. The maximum absolute atomic E-state index is 12.4. The van der Waals surface area contributed by atoms with Crippen LogP contribution in [-0.2, 0) is 13.2 Å². The summed E-state index contributed by atoms with van der Waals surface area (Å²) in [5.74, 6) is 0. The number of alkyl halides is 3. The Morgan fingerprint density at radius 3 is 2.56 bits per heavy atom. The quantitative estimate of drug-likeness (QED) is 0.916. The van der Waals surface area contributed by atoms with E-state index in [0.717, 1.165) is 6.20 Å². The Labute approximate surface area is 105 Å². The Morgan fingerprint density at radius 1 is 1.44 bits per heavy atom. The molecule has 1 N–H and O–H groups in total. The smallest absolute Gasteiger partial charge is 0.381 e. The van der Waals surface area contributed by atoms with E-state index in [0.29, 0.717) is 22.7 Å². The average molecular weight is 277 g/mol. The van der Waals surface area contributed by atoms with Gasteiger partial charge in [0.15, 0.2) is 5.01 Å². The number of rotatable bonds is 2. The summed E-state index contributed by atoms with van der Waals surface area (Å²) in [6.07, 6.45) is -4.59. The van der Waals surface area contributed by atoms with Crippen molar-refractivity contribution < 1.29 is 18.3 Å². The number of thiazole rings is 1. The molecule has 1 atom stereocenters. The highest BCUT2D eigenvalue weighted by Gasteiger charge is 2.35. The van der Waals surface area contributed by atoms with E-state index >= 15 is 0 Å². The number of aliphatic hydroxyl groups is 1. The maximum atomic E-state index is 12.4. The van der Waals surface area contributed by atoms with Crippen LogP contribution in [0.3, 0.4) is 0 Å². The van der Waals surface area contributed by atoms with E-state index in [1.54, 1.807) is 20.0 Å². The monoisotopic (exact) mass is 277 g/mol. The molecule has 0 spiro atoms. The van der Waals surface area contributed by atoms with Crippen molar-refractivity contribution in [2.24, 2.45) is 7.05 Å². The van der Waals surface area contributed by atoms with Gasteiger partial charge in [-0.25, -0.2) is 4.98 Å². The fraction of sp³-hybridized carbons (Fsp3) is 0.400. The maximum Gasteiger partial charge on any atom is 0.443 e. The highest BCUT2D eigenvalue weighted by Crippen LogP contribution is 2.35. The third-order valence-electron chi connectivity index (χ3n) is 2.35. The lowest BCUT2D eigenvalue weighted by Crippen LogP contribution is -2.05. The zero-order valence-electron chi connectivity index (χ0n) is 9.56. The molecule has 0 amide bonds. The fourth-order valence-electron chi connectivity index (χ4n) is 1.58. The molecule has 0 saturated heterocycles. The zero-order valence-corrected chi connectivity index (χ0v) is 10.4. The molecule has 2 aromatic heterocycles. The molecular weight excluding hydrogens is 267 g/mol. The van der Waals surface area contributed by atoms with Crippen LogP contribution < -0.4 is 0 Å². The lowest BCUT2D eigenvalue weighted by molar-refractivity contribution is -0.137. The van der Waals surface area contributed by atoms with Crippen molar-refractivity contribution in [2.45, 2.75) is 19.2 Å². The third-order valence-corrected chi connectivity index (χ3v) is 3.45. The second-order valence-electron chi connectivity index (χ2n) is 3.80. The summed E-state index contributed by atoms with van der Waals surface area (Å²) in [5.41, 5.74) is 1.12. The van der Waals surface area contributed by atoms with Gasteiger partial charge in [0.1, 0.15) is 6.10 Å². The summed E-state index contributed by atoms with van der Waals surface area (Å²) in [5, 5.41) is 13.1. The van der Waals surface area contributed by atoms with Crippen molar-refractivity contribution >= 4 is 11.3 Å². The van der Waals surface area contributed by atoms with Gasteiger partial charge in [0.25, 0.3) is 0 Å². The molecule has 0 bridgehead atoms. The molecule has 2 heterocycles. The topological polar surface area (TPSA) is 50.9 Å². The van der Waals surface area contributed by atoms with Crippen molar-refractivity contribution in [1.82, 2.24) is 14.8 Å². The summed E-state index contributed by atoms with van der Waals surface area (Å²) >= 11 is 0.433. The van der Waals surface area contributed by atoms with Gasteiger partial charge in [0.2, 0.25) is 0 Å². The molecule has 0 aliphatic heterocycles. The van der Waals surface area contributed by atoms with Crippen LogP contribution in [0.4, 0.5) is 13.2 Å². The van der Waals surface area contributed by atoms with Crippen molar-refractivity contribution in [2.75, 3.05) is 0 Å². The predicted molar refractivity (Wildman–Crippen MR) is 59.1 cm³/mol. The van der Waals surface area contributed by atoms with Gasteiger partial charge in [-0.2, -0.15) is 18.3 Å². The molecule has 4 nitrogen and oxygen atoms in total. The highest BCUT2D eigenvalue weighted by molar-refractivity contribution is 7.11. The first-order valence-corrected chi connectivity index (χ1v) is 5.82. The average Bonchev–Trinajstić information content (AvgIpc) is 2.83. The van der Waals surface area contributed by atoms with Crippen LogP contribution in [0.2, 0.25) is 0 Å². The minimum Gasteiger partial charge on any atom is -0.381 e. The minimum atomic E-state index is -4.48. The highest BCUT2D eigenvalue weighted by atomic mass is 32.1. The molecule has 1 unspecified atom stereocenters. The first-order chi connectivity index (χ1) is 8.29. The molecule has 0 saturated carbocycles. The molecule has 2 aromatic rings. The van der Waals surface area contributed by atoms with E-state index < -0.39 is 17.3 Å². The largest absolute Gasteiger partial charge is 0.443 e. The molecular formula is C10H10F3N3OS. The third kappa shape index (κ3) is 2.39. The van der Waals surface area contributed by atoms with Gasteiger partial charge in [-0.1, -0.05) is 0 Å². The van der Waals surface area contributed by atoms with Crippen molar-refractivity contribution in [3.05, 3.63) is 33.5 Å². The van der Waals surface area contributed by atoms with E-state index in [9.17, 15) is 18.3 Å². The van der Waals surface area contributed by atoms with Crippen LogP contribution in [-0.4, -0.2) is 19.9 Å². The van der Waals surface area contributed by atoms with E-state index in [2.05, 4.69) is 10.1 Å². The molecule has 0 radical (unpaired) electrons. The van der Waals surface area contributed by atoms with Gasteiger partial charge in [-0.3, -0.25) is 4.68 Å². The molecule has 2 rings (SSSR count). The lowest BCUT2D eigenvalue weighted by Gasteiger charge is -2.07. The second-order valence-corrected chi connectivity index (χ2v) is 4.86. The predicted octanol–water partition coefficient (Wildman–Crippen LogP) is 2.29. The normalized spacial score (nSPS) is 13.9. The Balaban J connectivity index is 2.32. The van der Waals surface area contributed by atoms with Crippen molar-refractivity contribution in [3.8, 4) is 0 Å². The Morgan fingerprint density at radius 2 is 2.11 bits per heavy atom. The molecule has 0 aromatic carbocycles. The van der Waals surface area contributed by atoms with E-state index in [4.69, 9.17) is 0 Å². The fourth-order valence-corrected chi connectivity index (χ4v) is 2.36. The summed E-state index contributed by atoms with van der Waals surface area (Å²) in [6.45, 7) is 1.74. The van der Waals surface area contributed by atoms with Gasteiger partial charge in [0, 0.05) is 13.2 Å². The summed E-state index contributed by atoms with van der Waals surface area (Å²) in [4.78, 5) is 3.42. The summed E-state index contributed by atoms with van der Waals surface area (Å²) in [6, 6.07) is 1.62. The Kier molecular flexibility index (Phi) is 3.16. The van der Waals surface area contributed by atoms with Gasteiger partial charge < -0.3 is 5.11 Å². The second kappa shape index (κ2) is 4.36. The molecule has 18 heavy (non-hydrogen) atoms. The van der Waals surface area contributed by atoms with Gasteiger partial charge >= 0.3 is 6.18 Å². The van der Waals surface area contributed by atoms with Crippen LogP contribution in [0, 0.1) is 6.92 Å². The molecule has 98 valence electrons. The van der Waals surface area contributed by atoms with E-state index in [1.807, 2.05) is 0 Å². The summed E-state index contributed by atoms with van der Waals surface area (Å²) in [7, 11) is 1.62. The molecule has 8 heteroatoms. The molecule has 0 fully saturated rings. The van der Waals surface area contributed by atoms with Crippen molar-refractivity contribution in [1.29, 1.82) is 0 Å². The number of aromatic nitrogens is 3. The van der Waals surface area contributed by atoms with E-state index in [1.165, 1.54) is 4.68 Å². The van der Waals surface area contributed by atoms with Crippen LogP contribution in [0.25, 0.3) is 0 Å². The first-order valence-electron chi connectivity index (χ1n) is 5.00. The minimum absolute atomic E-state index is 0.144. The standard InChI is InChI=1S/C10H10F3N3OS/c1-5-3-6(16(2)15-5)8(17)7-4-14-9(18-7)10(11,12)13/h3-4,8,17H,1-2H3. The number of aliphatic hydroxyl groups excluding tert-OH is 1. The molecule has 0 aliphatic carbocycles. The van der Waals surface area contributed by atoms with Gasteiger partial charge in [-0.15, -0.1) is 11.3 Å². The van der Waals surface area contributed by atoms with Crippen LogP contribution >= 0.6 is 11.3 Å². The number of aryl methyl sites for hydroxylation is 2.